The van der Waals surface area contributed by atoms with Crippen molar-refractivity contribution >= 4 is 5.69 Å². The molecule has 0 fully saturated rings. The third kappa shape index (κ3) is 3.36. The van der Waals surface area contributed by atoms with Gasteiger partial charge in [-0.05, 0) is 25.6 Å². The van der Waals surface area contributed by atoms with Crippen LogP contribution in [0.1, 0.15) is 18.5 Å². The average molecular weight is 246 g/mol. The van der Waals surface area contributed by atoms with Gasteiger partial charge in [0.2, 0.25) is 0 Å². The Balaban J connectivity index is 3.11. The van der Waals surface area contributed by atoms with Gasteiger partial charge >= 0.3 is 0 Å². The number of para-hydroxylation sites is 1. The highest BCUT2D eigenvalue weighted by Crippen LogP contribution is 2.28. The van der Waals surface area contributed by atoms with Crippen molar-refractivity contribution in [1.29, 1.82) is 0 Å². The van der Waals surface area contributed by atoms with Crippen LogP contribution in [0.4, 0.5) is 18.9 Å². The summed E-state index contributed by atoms with van der Waals surface area (Å²) in [5, 5.41) is 2.98. The van der Waals surface area contributed by atoms with Crippen LogP contribution in [-0.4, -0.2) is 27.1 Å². The molecule has 0 saturated heterocycles. The molecule has 0 aromatic heterocycles. The van der Waals surface area contributed by atoms with Gasteiger partial charge in [0.05, 0.1) is 12.2 Å². The lowest BCUT2D eigenvalue weighted by Gasteiger charge is -2.25. The summed E-state index contributed by atoms with van der Waals surface area (Å²) in [4.78, 5) is 1.25. The van der Waals surface area contributed by atoms with E-state index in [0.717, 1.165) is 0 Å². The van der Waals surface area contributed by atoms with Gasteiger partial charge in [0.15, 0.2) is 0 Å². The fraction of sp³-hybridized carbons (Fsp3) is 0.500. The van der Waals surface area contributed by atoms with Crippen molar-refractivity contribution in [3.63, 3.8) is 0 Å². The molecule has 1 N–H and O–H groups in total. The first-order valence-electron chi connectivity index (χ1n) is 5.42. The first-order chi connectivity index (χ1) is 7.97. The van der Waals surface area contributed by atoms with Crippen molar-refractivity contribution in [3.8, 4) is 0 Å². The maximum atomic E-state index is 13.7. The van der Waals surface area contributed by atoms with Crippen LogP contribution in [0.25, 0.3) is 0 Å². The summed E-state index contributed by atoms with van der Waals surface area (Å²) in [6, 6.07) is 4.50. The lowest BCUT2D eigenvalue weighted by molar-refractivity contribution is 0.156. The van der Waals surface area contributed by atoms with Crippen LogP contribution in [0.2, 0.25) is 0 Å². The van der Waals surface area contributed by atoms with E-state index in [1.54, 1.807) is 19.2 Å². The van der Waals surface area contributed by atoms with E-state index in [9.17, 15) is 13.2 Å². The minimum atomic E-state index is -2.49. The van der Waals surface area contributed by atoms with E-state index in [0.29, 0.717) is 5.56 Å². The summed E-state index contributed by atoms with van der Waals surface area (Å²) >= 11 is 0. The molecule has 0 radical (unpaired) electrons. The first kappa shape index (κ1) is 13.8. The molecule has 17 heavy (non-hydrogen) atoms. The van der Waals surface area contributed by atoms with Crippen molar-refractivity contribution in [2.24, 2.45) is 0 Å². The Kier molecular flexibility index (Phi) is 4.81. The molecule has 1 unspecified atom stereocenters. The normalized spacial score (nSPS) is 12.9. The Morgan fingerprint density at radius 2 is 2.00 bits per heavy atom. The van der Waals surface area contributed by atoms with Crippen molar-refractivity contribution < 1.29 is 13.2 Å². The number of hydrogen-bond acceptors (Lipinski definition) is 2. The number of anilines is 1. The maximum Gasteiger partial charge on any atom is 0.255 e. The number of rotatable bonds is 5. The molecular weight excluding hydrogens is 229 g/mol. The number of halogens is 3. The van der Waals surface area contributed by atoms with Gasteiger partial charge in [-0.3, -0.25) is 0 Å². The van der Waals surface area contributed by atoms with Crippen LogP contribution in [0, 0.1) is 5.82 Å². The van der Waals surface area contributed by atoms with Gasteiger partial charge in [-0.2, -0.15) is 0 Å². The molecule has 0 saturated carbocycles. The Labute approximate surface area is 99.4 Å². The summed E-state index contributed by atoms with van der Waals surface area (Å²) < 4.78 is 38.4. The Morgan fingerprint density at radius 3 is 2.53 bits per heavy atom. The molecule has 1 rings (SSSR count). The minimum absolute atomic E-state index is 0.0965. The second kappa shape index (κ2) is 5.91. The van der Waals surface area contributed by atoms with Gasteiger partial charge in [0, 0.05) is 13.1 Å². The van der Waals surface area contributed by atoms with Crippen LogP contribution in [0.3, 0.4) is 0 Å². The summed E-state index contributed by atoms with van der Waals surface area (Å²) in [6.45, 7) is 1.37. The number of hydrogen-bond donors (Lipinski definition) is 1. The number of nitrogens with zero attached hydrogens (tertiary/aromatic N) is 1. The fourth-order valence-electron chi connectivity index (χ4n) is 1.74. The highest BCUT2D eigenvalue weighted by Gasteiger charge is 2.18. The Morgan fingerprint density at radius 1 is 1.35 bits per heavy atom. The molecule has 1 aromatic carbocycles. The third-order valence-electron chi connectivity index (χ3n) is 2.71. The lowest BCUT2D eigenvalue weighted by Crippen LogP contribution is -2.27. The van der Waals surface area contributed by atoms with E-state index in [-0.39, 0.29) is 11.7 Å². The molecule has 96 valence electrons. The van der Waals surface area contributed by atoms with E-state index in [2.05, 4.69) is 5.32 Å². The minimum Gasteiger partial charge on any atom is -0.366 e. The molecule has 0 bridgehead atoms. The van der Waals surface area contributed by atoms with Gasteiger partial charge in [-0.1, -0.05) is 12.1 Å². The summed E-state index contributed by atoms with van der Waals surface area (Å²) in [6.07, 6.45) is -2.49. The average Bonchev–Trinajstić information content (AvgIpc) is 2.26. The molecule has 0 heterocycles. The van der Waals surface area contributed by atoms with Crippen molar-refractivity contribution in [2.75, 3.05) is 25.5 Å². The number of alkyl halides is 2. The summed E-state index contributed by atoms with van der Waals surface area (Å²) in [7, 11) is 3.21. The highest BCUT2D eigenvalue weighted by atomic mass is 19.3. The molecule has 0 spiro atoms. The van der Waals surface area contributed by atoms with Crippen LogP contribution >= 0.6 is 0 Å². The Hall–Kier alpha value is -1.23. The van der Waals surface area contributed by atoms with Gasteiger partial charge < -0.3 is 10.2 Å². The maximum absolute atomic E-state index is 13.7. The fourth-order valence-corrected chi connectivity index (χ4v) is 1.74. The molecule has 0 aliphatic rings. The van der Waals surface area contributed by atoms with Crippen molar-refractivity contribution in [1.82, 2.24) is 5.32 Å². The molecule has 5 heteroatoms. The van der Waals surface area contributed by atoms with E-state index in [4.69, 9.17) is 0 Å². The zero-order chi connectivity index (χ0) is 13.0. The predicted molar refractivity (Wildman–Crippen MR) is 63.1 cm³/mol. The molecule has 0 amide bonds. The third-order valence-corrected chi connectivity index (χ3v) is 2.71. The van der Waals surface area contributed by atoms with Crippen LogP contribution in [-0.2, 0) is 0 Å². The van der Waals surface area contributed by atoms with Gasteiger partial charge in [0.25, 0.3) is 6.43 Å². The standard InChI is InChI=1S/C12H17F3N2/c1-8(16-2)9-5-4-6-10(13)12(9)17(3)7-11(14)15/h4-6,8,11,16H,7H2,1-3H3. The lowest BCUT2D eigenvalue weighted by atomic mass is 10.0. The number of benzene rings is 1. The monoisotopic (exact) mass is 246 g/mol. The van der Waals surface area contributed by atoms with E-state index in [1.807, 2.05) is 6.92 Å². The molecule has 0 aliphatic heterocycles. The summed E-state index contributed by atoms with van der Waals surface area (Å²) in [5.41, 5.74) is 0.908. The summed E-state index contributed by atoms with van der Waals surface area (Å²) in [5.74, 6) is -0.479. The van der Waals surface area contributed by atoms with E-state index >= 15 is 0 Å². The molecule has 2 nitrogen and oxygen atoms in total. The largest absolute Gasteiger partial charge is 0.366 e. The van der Waals surface area contributed by atoms with E-state index in [1.165, 1.54) is 18.0 Å². The Bertz CT molecular complexity index is 369. The van der Waals surface area contributed by atoms with Crippen LogP contribution < -0.4 is 10.2 Å². The van der Waals surface area contributed by atoms with Gasteiger partial charge in [-0.25, -0.2) is 13.2 Å². The second-order valence-electron chi connectivity index (χ2n) is 3.96. The predicted octanol–water partition coefficient (Wildman–Crippen LogP) is 2.81. The van der Waals surface area contributed by atoms with Crippen molar-refractivity contribution in [3.05, 3.63) is 29.6 Å². The van der Waals surface area contributed by atoms with Gasteiger partial charge in [0.1, 0.15) is 5.82 Å². The molecule has 0 aliphatic carbocycles. The zero-order valence-corrected chi connectivity index (χ0v) is 10.2. The quantitative estimate of drug-likeness (QED) is 0.859. The molecular formula is C12H17F3N2. The van der Waals surface area contributed by atoms with Crippen molar-refractivity contribution in [2.45, 2.75) is 19.4 Å². The van der Waals surface area contributed by atoms with Crippen LogP contribution in [0.5, 0.6) is 0 Å². The second-order valence-corrected chi connectivity index (χ2v) is 3.96. The van der Waals surface area contributed by atoms with Gasteiger partial charge in [-0.15, -0.1) is 0 Å². The first-order valence-corrected chi connectivity index (χ1v) is 5.42. The topological polar surface area (TPSA) is 15.3 Å². The smallest absolute Gasteiger partial charge is 0.255 e. The molecule has 1 atom stereocenters. The SMILES string of the molecule is CNC(C)c1cccc(F)c1N(C)CC(F)F. The highest BCUT2D eigenvalue weighted by molar-refractivity contribution is 5.55. The zero-order valence-electron chi connectivity index (χ0n) is 10.2. The van der Waals surface area contributed by atoms with E-state index < -0.39 is 18.8 Å². The number of nitrogens with one attached hydrogen (secondary N) is 1. The molecule has 1 aromatic rings. The van der Waals surface area contributed by atoms with Crippen LogP contribution in [0.15, 0.2) is 18.2 Å².